The van der Waals surface area contributed by atoms with E-state index in [1.54, 1.807) is 7.11 Å². The van der Waals surface area contributed by atoms with Crippen molar-refractivity contribution in [3.63, 3.8) is 0 Å². The van der Waals surface area contributed by atoms with Crippen LogP contribution in [0.2, 0.25) is 5.02 Å². The van der Waals surface area contributed by atoms with Crippen LogP contribution in [0.4, 0.5) is 5.69 Å². The Morgan fingerprint density at radius 1 is 1.11 bits per heavy atom. The third kappa shape index (κ3) is 3.76. The van der Waals surface area contributed by atoms with Crippen LogP contribution in [-0.2, 0) is 0 Å². The number of anilines is 1. The van der Waals surface area contributed by atoms with Gasteiger partial charge in [-0.3, -0.25) is 0 Å². The van der Waals surface area contributed by atoms with E-state index >= 15 is 0 Å². The zero-order valence-electron chi connectivity index (χ0n) is 10.8. The summed E-state index contributed by atoms with van der Waals surface area (Å²) < 4.78 is 5.29. The Kier molecular flexibility index (Phi) is 4.87. The first kappa shape index (κ1) is 13.5. The van der Waals surface area contributed by atoms with Crippen LogP contribution in [-0.4, -0.2) is 13.7 Å². The van der Waals surface area contributed by atoms with Gasteiger partial charge in [0.15, 0.2) is 0 Å². The summed E-state index contributed by atoms with van der Waals surface area (Å²) >= 11 is 6.06. The second kappa shape index (κ2) is 6.86. The van der Waals surface area contributed by atoms with E-state index < -0.39 is 0 Å². The molecule has 0 atom stereocenters. The van der Waals surface area contributed by atoms with Gasteiger partial charge < -0.3 is 10.1 Å². The van der Waals surface area contributed by atoms with Crippen LogP contribution in [0.5, 0.6) is 5.75 Å². The summed E-state index contributed by atoms with van der Waals surface area (Å²) in [5.74, 6) is 0.872. The summed E-state index contributed by atoms with van der Waals surface area (Å²) in [7, 11) is 1.68. The van der Waals surface area contributed by atoms with Crippen molar-refractivity contribution < 1.29 is 4.74 Å². The van der Waals surface area contributed by atoms with Gasteiger partial charge in [-0.25, -0.2) is 0 Å². The molecular weight excluding hydrogens is 258 g/mol. The molecule has 0 aliphatic heterocycles. The summed E-state index contributed by atoms with van der Waals surface area (Å²) in [5, 5.41) is 3.99. The Morgan fingerprint density at radius 3 is 2.63 bits per heavy atom. The molecule has 0 unspecified atom stereocenters. The van der Waals surface area contributed by atoms with Gasteiger partial charge in [0, 0.05) is 12.1 Å². The number of benzene rings is 2. The number of halogens is 1. The minimum absolute atomic E-state index is 0.710. The van der Waals surface area contributed by atoms with E-state index in [1.165, 1.54) is 0 Å². The Balaban J connectivity index is 1.96. The summed E-state index contributed by atoms with van der Waals surface area (Å²) in [6, 6.07) is 15.6. The molecule has 0 radical (unpaired) electrons. The predicted octanol–water partition coefficient (Wildman–Crippen LogP) is 4.47. The Hall–Kier alpha value is -1.93. The summed E-state index contributed by atoms with van der Waals surface area (Å²) in [6.07, 6.45) is 4.07. The largest absolute Gasteiger partial charge is 0.496 e. The van der Waals surface area contributed by atoms with Crippen LogP contribution in [0, 0.1) is 0 Å². The number of hydrogen-bond acceptors (Lipinski definition) is 2. The van der Waals surface area contributed by atoms with Gasteiger partial charge in [0.1, 0.15) is 5.75 Å². The molecule has 2 aromatic carbocycles. The molecule has 19 heavy (non-hydrogen) atoms. The molecule has 2 nitrogen and oxygen atoms in total. The second-order valence-corrected chi connectivity index (χ2v) is 4.41. The van der Waals surface area contributed by atoms with Gasteiger partial charge in [0.25, 0.3) is 0 Å². The molecule has 0 saturated carbocycles. The van der Waals surface area contributed by atoms with Crippen molar-refractivity contribution in [3.05, 3.63) is 65.2 Å². The monoisotopic (exact) mass is 273 g/mol. The summed E-state index contributed by atoms with van der Waals surface area (Å²) in [6.45, 7) is 0.710. The van der Waals surface area contributed by atoms with Gasteiger partial charge in [-0.1, -0.05) is 54.1 Å². The standard InChI is InChI=1S/C16H16ClNO/c1-19-16-11-5-2-7-13(16)8-6-12-18-15-10-4-3-9-14(15)17/h2-11,18H,12H2,1H3/b8-6+. The molecular formula is C16H16ClNO. The second-order valence-electron chi connectivity index (χ2n) is 4.01. The number of nitrogens with one attached hydrogen (secondary N) is 1. The highest BCUT2D eigenvalue weighted by Crippen LogP contribution is 2.21. The molecule has 0 fully saturated rings. The molecule has 0 aliphatic carbocycles. The molecule has 0 amide bonds. The number of rotatable bonds is 5. The third-order valence-electron chi connectivity index (χ3n) is 2.72. The highest BCUT2D eigenvalue weighted by molar-refractivity contribution is 6.33. The summed E-state index contributed by atoms with van der Waals surface area (Å²) in [5.41, 5.74) is 2.00. The first-order chi connectivity index (χ1) is 9.31. The Morgan fingerprint density at radius 2 is 1.84 bits per heavy atom. The quantitative estimate of drug-likeness (QED) is 0.868. The zero-order chi connectivity index (χ0) is 13.5. The smallest absolute Gasteiger partial charge is 0.126 e. The highest BCUT2D eigenvalue weighted by Gasteiger charge is 1.97. The van der Waals surface area contributed by atoms with Crippen molar-refractivity contribution in [1.82, 2.24) is 0 Å². The number of methoxy groups -OCH3 is 1. The van der Waals surface area contributed by atoms with Crippen molar-refractivity contribution in [3.8, 4) is 5.75 Å². The minimum atomic E-state index is 0.710. The van der Waals surface area contributed by atoms with Crippen LogP contribution in [0.15, 0.2) is 54.6 Å². The fourth-order valence-corrected chi connectivity index (χ4v) is 1.97. The molecule has 2 aromatic rings. The van der Waals surface area contributed by atoms with Crippen molar-refractivity contribution in [2.45, 2.75) is 0 Å². The van der Waals surface area contributed by atoms with Crippen molar-refractivity contribution in [2.24, 2.45) is 0 Å². The van der Waals surface area contributed by atoms with Gasteiger partial charge in [-0.2, -0.15) is 0 Å². The molecule has 0 spiro atoms. The molecule has 2 rings (SSSR count). The van der Waals surface area contributed by atoms with E-state index in [4.69, 9.17) is 16.3 Å². The van der Waals surface area contributed by atoms with Crippen LogP contribution >= 0.6 is 11.6 Å². The van der Waals surface area contributed by atoms with Crippen LogP contribution in [0.1, 0.15) is 5.56 Å². The lowest BCUT2D eigenvalue weighted by atomic mass is 10.2. The van der Waals surface area contributed by atoms with E-state index in [2.05, 4.69) is 5.32 Å². The van der Waals surface area contributed by atoms with E-state index in [9.17, 15) is 0 Å². The molecule has 0 saturated heterocycles. The van der Waals surface area contributed by atoms with Gasteiger partial charge >= 0.3 is 0 Å². The molecule has 0 heterocycles. The normalized spacial score (nSPS) is 10.6. The first-order valence-corrected chi connectivity index (χ1v) is 6.47. The lowest BCUT2D eigenvalue weighted by Gasteiger charge is -2.06. The third-order valence-corrected chi connectivity index (χ3v) is 3.05. The summed E-state index contributed by atoms with van der Waals surface area (Å²) in [4.78, 5) is 0. The number of ether oxygens (including phenoxy) is 1. The molecule has 0 aromatic heterocycles. The number of para-hydroxylation sites is 2. The van der Waals surface area contributed by atoms with Gasteiger partial charge in [-0.05, 0) is 18.2 Å². The maximum absolute atomic E-state index is 6.06. The molecule has 98 valence electrons. The lowest BCUT2D eigenvalue weighted by molar-refractivity contribution is 0.414. The van der Waals surface area contributed by atoms with E-state index in [-0.39, 0.29) is 0 Å². The van der Waals surface area contributed by atoms with E-state index in [1.807, 2.05) is 60.7 Å². The molecule has 1 N–H and O–H groups in total. The molecule has 0 bridgehead atoms. The topological polar surface area (TPSA) is 21.3 Å². The fraction of sp³-hybridized carbons (Fsp3) is 0.125. The van der Waals surface area contributed by atoms with Gasteiger partial charge in [0.05, 0.1) is 17.8 Å². The van der Waals surface area contributed by atoms with Crippen molar-refractivity contribution in [1.29, 1.82) is 0 Å². The Bertz CT molecular complexity index is 566. The maximum atomic E-state index is 6.06. The van der Waals surface area contributed by atoms with Crippen LogP contribution < -0.4 is 10.1 Å². The van der Waals surface area contributed by atoms with E-state index in [0.717, 1.165) is 22.0 Å². The molecule has 0 aliphatic rings. The van der Waals surface area contributed by atoms with Crippen LogP contribution in [0.25, 0.3) is 6.08 Å². The minimum Gasteiger partial charge on any atom is -0.496 e. The average molecular weight is 274 g/mol. The van der Waals surface area contributed by atoms with Crippen molar-refractivity contribution in [2.75, 3.05) is 19.0 Å². The Labute approximate surface area is 118 Å². The fourth-order valence-electron chi connectivity index (χ4n) is 1.76. The highest BCUT2D eigenvalue weighted by atomic mass is 35.5. The number of hydrogen-bond donors (Lipinski definition) is 1. The van der Waals surface area contributed by atoms with Gasteiger partial charge in [0.2, 0.25) is 0 Å². The predicted molar refractivity (Wildman–Crippen MR) is 82.0 cm³/mol. The van der Waals surface area contributed by atoms with Gasteiger partial charge in [-0.15, -0.1) is 0 Å². The zero-order valence-corrected chi connectivity index (χ0v) is 11.5. The lowest BCUT2D eigenvalue weighted by Crippen LogP contribution is -1.98. The first-order valence-electron chi connectivity index (χ1n) is 6.09. The SMILES string of the molecule is COc1ccccc1/C=C/CNc1ccccc1Cl. The molecule has 3 heteroatoms. The average Bonchev–Trinajstić information content (AvgIpc) is 2.45. The maximum Gasteiger partial charge on any atom is 0.126 e. The van der Waals surface area contributed by atoms with Crippen LogP contribution in [0.3, 0.4) is 0 Å². The van der Waals surface area contributed by atoms with E-state index in [0.29, 0.717) is 6.54 Å². The van der Waals surface area contributed by atoms with Crippen molar-refractivity contribution >= 4 is 23.4 Å².